The Morgan fingerprint density at radius 1 is 1.15 bits per heavy atom. The lowest BCUT2D eigenvalue weighted by atomic mass is 9.87. The fourth-order valence-electron chi connectivity index (χ4n) is 5.05. The van der Waals surface area contributed by atoms with Crippen molar-refractivity contribution in [1.82, 2.24) is 4.90 Å². The highest BCUT2D eigenvalue weighted by molar-refractivity contribution is 5.77. The molecular formula is C21H21FN2O2. The number of carbonyl (C=O) groups is 1. The minimum atomic E-state index is -0.833. The van der Waals surface area contributed by atoms with E-state index in [9.17, 15) is 14.3 Å². The van der Waals surface area contributed by atoms with Gasteiger partial charge in [0.2, 0.25) is 0 Å². The molecule has 2 aromatic carbocycles. The van der Waals surface area contributed by atoms with Crippen LogP contribution in [0.3, 0.4) is 0 Å². The second-order valence-electron chi connectivity index (χ2n) is 7.57. The molecule has 4 nitrogen and oxygen atoms in total. The molecule has 1 saturated heterocycles. The van der Waals surface area contributed by atoms with Gasteiger partial charge in [-0.25, -0.2) is 9.18 Å². The van der Waals surface area contributed by atoms with Crippen molar-refractivity contribution in [3.63, 3.8) is 0 Å². The average molecular weight is 352 g/mol. The van der Waals surface area contributed by atoms with E-state index >= 15 is 0 Å². The number of nitrogens with zero attached hydrogens (tertiary/aromatic N) is 2. The van der Waals surface area contributed by atoms with Crippen molar-refractivity contribution in [2.45, 2.75) is 31.2 Å². The van der Waals surface area contributed by atoms with Crippen LogP contribution in [0, 0.1) is 5.82 Å². The van der Waals surface area contributed by atoms with Crippen molar-refractivity contribution < 1.29 is 14.3 Å². The topological polar surface area (TPSA) is 43.8 Å². The first kappa shape index (κ1) is 15.7. The first-order valence-corrected chi connectivity index (χ1v) is 9.29. The number of benzene rings is 2. The zero-order valence-electron chi connectivity index (χ0n) is 14.5. The number of hydrogen-bond acceptors (Lipinski definition) is 2. The fraction of sp³-hybridized carbons (Fsp3) is 0.381. The van der Waals surface area contributed by atoms with Crippen LogP contribution < -0.4 is 4.90 Å². The zero-order valence-corrected chi connectivity index (χ0v) is 14.5. The van der Waals surface area contributed by atoms with Gasteiger partial charge in [0.15, 0.2) is 0 Å². The highest BCUT2D eigenvalue weighted by Crippen LogP contribution is 2.50. The summed E-state index contributed by atoms with van der Waals surface area (Å²) in [5.41, 5.74) is 5.81. The molecule has 0 aromatic heterocycles. The van der Waals surface area contributed by atoms with E-state index in [1.165, 1.54) is 22.9 Å². The molecule has 0 spiro atoms. The lowest BCUT2D eigenvalue weighted by molar-refractivity contribution is 0.127. The first-order chi connectivity index (χ1) is 12.6. The SMILES string of the molecule is O=C(O)N1CC[C@H]2[C@@H](C1)c1cc(-c3cccc(F)c3)cc3c1N2CCC3. The summed E-state index contributed by atoms with van der Waals surface area (Å²) in [6.45, 7) is 2.20. The van der Waals surface area contributed by atoms with Gasteiger partial charge in [-0.05, 0) is 65.8 Å². The van der Waals surface area contributed by atoms with Gasteiger partial charge in [0.25, 0.3) is 0 Å². The molecule has 3 aliphatic rings. The number of halogens is 1. The lowest BCUT2D eigenvalue weighted by Gasteiger charge is -2.39. The summed E-state index contributed by atoms with van der Waals surface area (Å²) in [6.07, 6.45) is 2.19. The molecule has 0 radical (unpaired) electrons. The van der Waals surface area contributed by atoms with Crippen LogP contribution in [0.15, 0.2) is 36.4 Å². The quantitative estimate of drug-likeness (QED) is 0.840. The first-order valence-electron chi connectivity index (χ1n) is 9.29. The van der Waals surface area contributed by atoms with E-state index in [0.717, 1.165) is 36.9 Å². The number of hydrogen-bond donors (Lipinski definition) is 1. The summed E-state index contributed by atoms with van der Waals surface area (Å²) in [4.78, 5) is 15.5. The maximum atomic E-state index is 13.7. The molecule has 5 rings (SSSR count). The van der Waals surface area contributed by atoms with E-state index in [2.05, 4.69) is 17.0 Å². The number of rotatable bonds is 1. The van der Waals surface area contributed by atoms with E-state index in [0.29, 0.717) is 19.1 Å². The van der Waals surface area contributed by atoms with Crippen molar-refractivity contribution in [1.29, 1.82) is 0 Å². The van der Waals surface area contributed by atoms with E-state index in [1.807, 2.05) is 6.07 Å². The van der Waals surface area contributed by atoms with E-state index in [-0.39, 0.29) is 11.7 Å². The van der Waals surface area contributed by atoms with Crippen LogP contribution in [0.5, 0.6) is 0 Å². The Morgan fingerprint density at radius 2 is 2.04 bits per heavy atom. The number of amides is 1. The van der Waals surface area contributed by atoms with Crippen LogP contribution in [0.1, 0.15) is 29.9 Å². The molecular weight excluding hydrogens is 331 g/mol. The number of carboxylic acid groups (broad SMARTS) is 1. The Hall–Kier alpha value is -2.56. The number of fused-ring (bicyclic) bond motifs is 3. The van der Waals surface area contributed by atoms with Crippen molar-refractivity contribution in [3.8, 4) is 11.1 Å². The van der Waals surface area contributed by atoms with E-state index in [1.54, 1.807) is 17.0 Å². The molecule has 134 valence electrons. The molecule has 3 heterocycles. The second-order valence-corrected chi connectivity index (χ2v) is 7.57. The summed E-state index contributed by atoms with van der Waals surface area (Å²) in [5.74, 6) is -0.0222. The largest absolute Gasteiger partial charge is 0.465 e. The third-order valence-electron chi connectivity index (χ3n) is 6.16. The van der Waals surface area contributed by atoms with E-state index in [4.69, 9.17) is 0 Å². The van der Waals surface area contributed by atoms with Crippen LogP contribution in [0.2, 0.25) is 0 Å². The maximum absolute atomic E-state index is 13.7. The third-order valence-corrected chi connectivity index (χ3v) is 6.16. The zero-order chi connectivity index (χ0) is 17.8. The Labute approximate surface area is 151 Å². The summed E-state index contributed by atoms with van der Waals surface area (Å²) in [7, 11) is 0. The molecule has 5 heteroatoms. The number of aryl methyl sites for hydroxylation is 1. The van der Waals surface area contributed by atoms with Gasteiger partial charge in [-0.15, -0.1) is 0 Å². The molecule has 1 N–H and O–H groups in total. The van der Waals surface area contributed by atoms with Gasteiger partial charge >= 0.3 is 6.09 Å². The van der Waals surface area contributed by atoms with Crippen LogP contribution >= 0.6 is 0 Å². The van der Waals surface area contributed by atoms with Gasteiger partial charge < -0.3 is 14.9 Å². The van der Waals surface area contributed by atoms with Crippen molar-refractivity contribution in [3.05, 3.63) is 53.3 Å². The lowest BCUT2D eigenvalue weighted by Crippen LogP contribution is -2.48. The second kappa shape index (κ2) is 5.73. The summed E-state index contributed by atoms with van der Waals surface area (Å²) in [5, 5.41) is 9.43. The average Bonchev–Trinajstić information content (AvgIpc) is 2.97. The fourth-order valence-corrected chi connectivity index (χ4v) is 5.05. The maximum Gasteiger partial charge on any atom is 0.407 e. The highest BCUT2D eigenvalue weighted by atomic mass is 19.1. The Morgan fingerprint density at radius 3 is 2.85 bits per heavy atom. The predicted molar refractivity (Wildman–Crippen MR) is 98.2 cm³/mol. The van der Waals surface area contributed by atoms with Gasteiger partial charge in [0.1, 0.15) is 5.82 Å². The molecule has 0 saturated carbocycles. The van der Waals surface area contributed by atoms with Crippen molar-refractivity contribution in [2.24, 2.45) is 0 Å². The molecule has 0 unspecified atom stereocenters. The molecule has 2 aromatic rings. The standard InChI is InChI=1S/C21H21FN2O2/c22-16-5-1-3-13(10-16)15-9-14-4-2-7-24-19-6-8-23(21(25)26)12-18(19)17(11-15)20(14)24/h1,3,5,9-11,18-19H,2,4,6-8,12H2,(H,25,26)/t18-,19-/m0/s1. The van der Waals surface area contributed by atoms with Crippen LogP contribution in [-0.4, -0.2) is 41.8 Å². The summed E-state index contributed by atoms with van der Waals surface area (Å²) < 4.78 is 13.7. The van der Waals surface area contributed by atoms with Gasteiger partial charge in [0, 0.05) is 37.3 Å². The normalized spacial score (nSPS) is 23.6. The van der Waals surface area contributed by atoms with Crippen LogP contribution in [0.25, 0.3) is 11.1 Å². The molecule has 2 atom stereocenters. The number of anilines is 1. The molecule has 0 bridgehead atoms. The molecule has 0 aliphatic carbocycles. The summed E-state index contributed by atoms with van der Waals surface area (Å²) in [6, 6.07) is 11.5. The minimum Gasteiger partial charge on any atom is -0.465 e. The van der Waals surface area contributed by atoms with Gasteiger partial charge in [0.05, 0.1) is 0 Å². The van der Waals surface area contributed by atoms with Crippen molar-refractivity contribution in [2.75, 3.05) is 24.5 Å². The van der Waals surface area contributed by atoms with Crippen LogP contribution in [-0.2, 0) is 6.42 Å². The Balaban J connectivity index is 1.63. The van der Waals surface area contributed by atoms with E-state index < -0.39 is 6.09 Å². The summed E-state index contributed by atoms with van der Waals surface area (Å²) >= 11 is 0. The predicted octanol–water partition coefficient (Wildman–Crippen LogP) is 4.09. The van der Waals surface area contributed by atoms with Crippen LogP contribution in [0.4, 0.5) is 14.9 Å². The molecule has 26 heavy (non-hydrogen) atoms. The van der Waals surface area contributed by atoms with Gasteiger partial charge in [-0.3, -0.25) is 0 Å². The monoisotopic (exact) mass is 352 g/mol. The van der Waals surface area contributed by atoms with Crippen molar-refractivity contribution >= 4 is 11.8 Å². The van der Waals surface area contributed by atoms with Gasteiger partial charge in [-0.2, -0.15) is 0 Å². The molecule has 1 amide bonds. The molecule has 3 aliphatic heterocycles. The number of likely N-dealkylation sites (tertiary alicyclic amines) is 1. The molecule has 1 fully saturated rings. The minimum absolute atomic E-state index is 0.209. The Kier molecular flexibility index (Phi) is 3.45. The third kappa shape index (κ3) is 2.30. The smallest absolute Gasteiger partial charge is 0.407 e. The number of piperidine rings is 1. The van der Waals surface area contributed by atoms with Gasteiger partial charge in [-0.1, -0.05) is 12.1 Å². The Bertz CT molecular complexity index is 898. The highest BCUT2D eigenvalue weighted by Gasteiger charge is 2.44.